The monoisotopic (exact) mass is 425 g/mol. The molecule has 0 radical (unpaired) electrons. The minimum absolute atomic E-state index is 0. The third-order valence-corrected chi connectivity index (χ3v) is 7.02. The highest BCUT2D eigenvalue weighted by Gasteiger charge is 2.30. The third-order valence-electron chi connectivity index (χ3n) is 5.91. The Bertz CT molecular complexity index is 906. The van der Waals surface area contributed by atoms with E-state index in [1.165, 1.54) is 0 Å². The van der Waals surface area contributed by atoms with Crippen molar-refractivity contribution in [2.24, 2.45) is 0 Å². The first-order valence-electron chi connectivity index (χ1n) is 9.72. The Labute approximate surface area is 175 Å². The number of likely N-dealkylation sites (tertiary alicyclic amines) is 1. The van der Waals surface area contributed by atoms with Crippen LogP contribution >= 0.6 is 23.7 Å². The molecule has 4 rings (SSSR count). The summed E-state index contributed by atoms with van der Waals surface area (Å²) in [6, 6.07) is 0.480. The molecule has 0 bridgehead atoms. The molecule has 9 heteroatoms. The Balaban J connectivity index is 0.00000225. The number of hydrogen-bond donors (Lipinski definition) is 1. The average molecular weight is 426 g/mol. The van der Waals surface area contributed by atoms with E-state index >= 15 is 0 Å². The number of rotatable bonds is 4. The number of hydrogen-bond acceptors (Lipinski definition) is 6. The Hall–Kier alpha value is -1.48. The van der Waals surface area contributed by atoms with Gasteiger partial charge in [0, 0.05) is 63.2 Å². The molecule has 1 unspecified atom stereocenters. The second-order valence-electron chi connectivity index (χ2n) is 7.52. The van der Waals surface area contributed by atoms with E-state index in [4.69, 9.17) is 0 Å². The van der Waals surface area contributed by atoms with Gasteiger partial charge in [0.25, 0.3) is 5.56 Å². The lowest BCUT2D eigenvalue weighted by atomic mass is 10.2. The van der Waals surface area contributed by atoms with E-state index in [0.717, 1.165) is 61.0 Å². The molecule has 1 N–H and O–H groups in total. The lowest BCUT2D eigenvalue weighted by Gasteiger charge is -2.32. The van der Waals surface area contributed by atoms with E-state index in [9.17, 15) is 9.59 Å². The molecule has 28 heavy (non-hydrogen) atoms. The van der Waals surface area contributed by atoms with Crippen LogP contribution in [-0.2, 0) is 11.3 Å². The highest BCUT2D eigenvalue weighted by molar-refractivity contribution is 7.18. The van der Waals surface area contributed by atoms with Gasteiger partial charge in [-0.2, -0.15) is 0 Å². The highest BCUT2D eigenvalue weighted by Crippen LogP contribution is 2.25. The number of carbonyl (C=O) groups excluding carboxylic acids is 1. The molecular weight excluding hydrogens is 398 g/mol. The summed E-state index contributed by atoms with van der Waals surface area (Å²) < 4.78 is 1.59. The number of fused-ring (bicyclic) bond motifs is 1. The van der Waals surface area contributed by atoms with Crippen molar-refractivity contribution in [2.75, 3.05) is 39.3 Å². The molecule has 7 nitrogen and oxygen atoms in total. The molecule has 2 aliphatic heterocycles. The van der Waals surface area contributed by atoms with E-state index in [-0.39, 0.29) is 23.9 Å². The number of aromatic nitrogens is 2. The predicted molar refractivity (Wildman–Crippen MR) is 115 cm³/mol. The van der Waals surface area contributed by atoms with Crippen LogP contribution in [0.25, 0.3) is 10.2 Å². The molecule has 0 saturated carbocycles. The zero-order valence-electron chi connectivity index (χ0n) is 16.4. The van der Waals surface area contributed by atoms with Gasteiger partial charge in [-0.3, -0.25) is 19.1 Å². The molecule has 2 saturated heterocycles. The summed E-state index contributed by atoms with van der Waals surface area (Å²) in [5, 5.41) is 4.08. The van der Waals surface area contributed by atoms with Crippen molar-refractivity contribution in [1.29, 1.82) is 0 Å². The molecule has 0 spiro atoms. The van der Waals surface area contributed by atoms with E-state index in [0.29, 0.717) is 24.4 Å². The molecular formula is C19H28ClN5O2S. The van der Waals surface area contributed by atoms with Crippen molar-refractivity contribution in [3.8, 4) is 0 Å². The molecule has 2 aromatic heterocycles. The van der Waals surface area contributed by atoms with Gasteiger partial charge in [0.2, 0.25) is 5.91 Å². The van der Waals surface area contributed by atoms with Crippen molar-refractivity contribution >= 4 is 39.9 Å². The summed E-state index contributed by atoms with van der Waals surface area (Å²) in [4.78, 5) is 36.2. The molecule has 154 valence electrons. The van der Waals surface area contributed by atoms with Crippen LogP contribution in [0.2, 0.25) is 0 Å². The number of carbonyl (C=O) groups is 1. The Kier molecular flexibility index (Phi) is 6.75. The predicted octanol–water partition coefficient (Wildman–Crippen LogP) is 1.39. The van der Waals surface area contributed by atoms with Gasteiger partial charge in [-0.15, -0.1) is 23.7 Å². The second kappa shape index (κ2) is 8.90. The fourth-order valence-electron chi connectivity index (χ4n) is 4.12. The highest BCUT2D eigenvalue weighted by atomic mass is 35.5. The molecule has 2 aliphatic rings. The lowest BCUT2D eigenvalue weighted by molar-refractivity contribution is -0.130. The van der Waals surface area contributed by atoms with Gasteiger partial charge < -0.3 is 10.2 Å². The zero-order chi connectivity index (χ0) is 19.0. The second-order valence-corrected chi connectivity index (χ2v) is 8.73. The molecule has 4 heterocycles. The van der Waals surface area contributed by atoms with Crippen LogP contribution in [0, 0.1) is 13.8 Å². The van der Waals surface area contributed by atoms with Crippen molar-refractivity contribution in [3.63, 3.8) is 0 Å². The molecule has 2 fully saturated rings. The van der Waals surface area contributed by atoms with Gasteiger partial charge in [0.1, 0.15) is 4.83 Å². The largest absolute Gasteiger partial charge is 0.341 e. The quantitative estimate of drug-likeness (QED) is 0.801. The average Bonchev–Trinajstić information content (AvgIpc) is 3.28. The van der Waals surface area contributed by atoms with E-state index in [2.05, 4.69) is 15.2 Å². The Morgan fingerprint density at radius 3 is 2.79 bits per heavy atom. The van der Waals surface area contributed by atoms with Gasteiger partial charge in [0.15, 0.2) is 0 Å². The van der Waals surface area contributed by atoms with Gasteiger partial charge in [-0.05, 0) is 25.8 Å². The summed E-state index contributed by atoms with van der Waals surface area (Å²) in [6.45, 7) is 10.2. The Morgan fingerprint density at radius 2 is 2.04 bits per heavy atom. The van der Waals surface area contributed by atoms with Gasteiger partial charge in [-0.25, -0.2) is 4.98 Å². The third kappa shape index (κ3) is 4.10. The molecule has 0 aromatic carbocycles. The van der Waals surface area contributed by atoms with E-state index in [1.54, 1.807) is 22.2 Å². The summed E-state index contributed by atoms with van der Waals surface area (Å²) in [7, 11) is 0. The van der Waals surface area contributed by atoms with Crippen molar-refractivity contribution in [3.05, 3.63) is 27.1 Å². The molecule has 1 amide bonds. The van der Waals surface area contributed by atoms with E-state index < -0.39 is 0 Å². The van der Waals surface area contributed by atoms with Crippen LogP contribution < -0.4 is 10.9 Å². The number of nitrogens with one attached hydrogen (secondary N) is 1. The van der Waals surface area contributed by atoms with Crippen molar-refractivity contribution in [1.82, 2.24) is 24.7 Å². The van der Waals surface area contributed by atoms with Gasteiger partial charge in [0.05, 0.1) is 11.7 Å². The van der Waals surface area contributed by atoms with Crippen LogP contribution in [0.4, 0.5) is 0 Å². The number of thiophene rings is 1. The fourth-order valence-corrected chi connectivity index (χ4v) is 5.10. The summed E-state index contributed by atoms with van der Waals surface area (Å²) in [5.74, 6) is 0.137. The standard InChI is InChI=1S/C19H27N5O2S.ClH/c1-13-14(2)27-18-17(13)19(26)24(12-21-18)8-4-16(25)23-7-3-15(11-23)22-9-5-20-6-10-22;/h12,15,20H,3-11H2,1-2H3;1H. The van der Waals surface area contributed by atoms with Crippen LogP contribution in [0.3, 0.4) is 0 Å². The maximum atomic E-state index is 12.7. The number of piperazine rings is 1. The van der Waals surface area contributed by atoms with Gasteiger partial charge in [-0.1, -0.05) is 0 Å². The Morgan fingerprint density at radius 1 is 1.29 bits per heavy atom. The van der Waals surface area contributed by atoms with Gasteiger partial charge >= 0.3 is 0 Å². The summed E-state index contributed by atoms with van der Waals surface area (Å²) >= 11 is 1.55. The zero-order valence-corrected chi connectivity index (χ0v) is 18.1. The van der Waals surface area contributed by atoms with Crippen LogP contribution in [0.15, 0.2) is 11.1 Å². The number of aryl methyl sites for hydroxylation is 3. The maximum Gasteiger partial charge on any atom is 0.262 e. The fraction of sp³-hybridized carbons (Fsp3) is 0.632. The maximum absolute atomic E-state index is 12.7. The first kappa shape index (κ1) is 21.2. The van der Waals surface area contributed by atoms with E-state index in [1.807, 2.05) is 18.7 Å². The SMILES string of the molecule is Cc1sc2ncn(CCC(=O)N3CCC(N4CCNCC4)C3)c(=O)c2c1C.Cl. The minimum Gasteiger partial charge on any atom is -0.341 e. The lowest BCUT2D eigenvalue weighted by Crippen LogP contribution is -2.49. The summed E-state index contributed by atoms with van der Waals surface area (Å²) in [5.41, 5.74) is 0.973. The smallest absolute Gasteiger partial charge is 0.262 e. The minimum atomic E-state index is -0.0326. The summed E-state index contributed by atoms with van der Waals surface area (Å²) in [6.07, 6.45) is 2.98. The van der Waals surface area contributed by atoms with Crippen LogP contribution in [-0.4, -0.2) is 70.6 Å². The van der Waals surface area contributed by atoms with Crippen LogP contribution in [0.5, 0.6) is 0 Å². The number of nitrogens with zero attached hydrogens (tertiary/aromatic N) is 4. The first-order valence-corrected chi connectivity index (χ1v) is 10.5. The normalized spacial score (nSPS) is 20.5. The number of halogens is 1. The molecule has 0 aliphatic carbocycles. The van der Waals surface area contributed by atoms with Crippen LogP contribution in [0.1, 0.15) is 23.3 Å². The topological polar surface area (TPSA) is 70.5 Å². The van der Waals surface area contributed by atoms with Crippen molar-refractivity contribution < 1.29 is 4.79 Å². The number of amides is 1. The van der Waals surface area contributed by atoms with Crippen molar-refractivity contribution in [2.45, 2.75) is 39.3 Å². The molecule has 1 atom stereocenters. The first-order chi connectivity index (χ1) is 13.0. The molecule has 2 aromatic rings.